The van der Waals surface area contributed by atoms with Crippen molar-refractivity contribution in [2.75, 3.05) is 25.9 Å². The number of piperidine rings is 1. The summed E-state index contributed by atoms with van der Waals surface area (Å²) < 4.78 is 24.4. The van der Waals surface area contributed by atoms with Crippen molar-refractivity contribution >= 4 is 33.2 Å². The molecule has 2 heterocycles. The Morgan fingerprint density at radius 2 is 2.04 bits per heavy atom. The number of nitrogens with one attached hydrogen (secondary N) is 1. The van der Waals surface area contributed by atoms with Crippen LogP contribution in [0.4, 0.5) is 0 Å². The summed E-state index contributed by atoms with van der Waals surface area (Å²) in [7, 11) is -3.14. The van der Waals surface area contributed by atoms with E-state index in [4.69, 9.17) is 5.11 Å². The number of rotatable bonds is 8. The van der Waals surface area contributed by atoms with Crippen LogP contribution in [0, 0.1) is 5.92 Å². The topological polar surface area (TPSA) is 104 Å². The number of carbonyl (C=O) groups is 2. The lowest BCUT2D eigenvalue weighted by atomic mass is 9.97. The molecule has 0 saturated carbocycles. The van der Waals surface area contributed by atoms with Gasteiger partial charge >= 0.3 is 5.97 Å². The molecule has 2 rings (SSSR count). The van der Waals surface area contributed by atoms with Gasteiger partial charge in [-0.1, -0.05) is 6.07 Å². The number of carboxylic acids is 1. The van der Waals surface area contributed by atoms with Crippen molar-refractivity contribution in [2.24, 2.45) is 5.92 Å². The minimum atomic E-state index is -3.14. The maximum atomic E-state index is 12.2. The number of carbonyl (C=O) groups excluding carboxylic acids is 1. The molecular weight excluding hydrogens is 364 g/mol. The van der Waals surface area contributed by atoms with E-state index in [1.165, 1.54) is 21.9 Å². The molecule has 7 nitrogen and oxygen atoms in total. The highest BCUT2D eigenvalue weighted by Crippen LogP contribution is 2.27. The van der Waals surface area contributed by atoms with Gasteiger partial charge in [-0.05, 0) is 30.2 Å². The number of carboxylic acid groups (broad SMARTS) is 1. The monoisotopic (exact) mass is 388 g/mol. The van der Waals surface area contributed by atoms with Gasteiger partial charge in [-0.15, -0.1) is 11.3 Å². The molecule has 1 aliphatic rings. The number of aliphatic carboxylic acids is 1. The predicted octanol–water partition coefficient (Wildman–Crippen LogP) is 1.48. The second-order valence-electron chi connectivity index (χ2n) is 6.42. The number of hydrogen-bond acceptors (Lipinski definition) is 5. The number of sulfonamides is 1. The first-order chi connectivity index (χ1) is 11.8. The van der Waals surface area contributed by atoms with Crippen molar-refractivity contribution in [1.82, 2.24) is 9.62 Å². The summed E-state index contributed by atoms with van der Waals surface area (Å²) in [6, 6.07) is 3.70. The Hall–Kier alpha value is -1.45. The van der Waals surface area contributed by atoms with E-state index in [9.17, 15) is 18.0 Å². The third kappa shape index (κ3) is 6.41. The maximum Gasteiger partial charge on any atom is 0.304 e. The van der Waals surface area contributed by atoms with Crippen molar-refractivity contribution in [1.29, 1.82) is 0 Å². The van der Waals surface area contributed by atoms with Crippen LogP contribution in [0.15, 0.2) is 17.5 Å². The molecule has 25 heavy (non-hydrogen) atoms. The molecule has 1 amide bonds. The highest BCUT2D eigenvalue weighted by molar-refractivity contribution is 7.88. The summed E-state index contributed by atoms with van der Waals surface area (Å²) in [4.78, 5) is 24.1. The van der Waals surface area contributed by atoms with E-state index in [-0.39, 0.29) is 30.6 Å². The average Bonchev–Trinajstić information content (AvgIpc) is 3.06. The summed E-state index contributed by atoms with van der Waals surface area (Å²) in [5.74, 6) is -1.14. The Morgan fingerprint density at radius 3 is 2.56 bits per heavy atom. The Bertz CT molecular complexity index is 679. The Kier molecular flexibility index (Phi) is 6.97. The molecule has 140 valence electrons. The fourth-order valence-corrected chi connectivity index (χ4v) is 4.71. The van der Waals surface area contributed by atoms with Crippen LogP contribution in [-0.2, 0) is 19.6 Å². The maximum absolute atomic E-state index is 12.2. The van der Waals surface area contributed by atoms with Gasteiger partial charge < -0.3 is 10.4 Å². The Morgan fingerprint density at radius 1 is 1.36 bits per heavy atom. The van der Waals surface area contributed by atoms with Crippen LogP contribution in [0.2, 0.25) is 0 Å². The lowest BCUT2D eigenvalue weighted by Crippen LogP contribution is -2.41. The molecule has 1 unspecified atom stereocenters. The van der Waals surface area contributed by atoms with Crippen molar-refractivity contribution in [3.05, 3.63) is 22.4 Å². The van der Waals surface area contributed by atoms with Gasteiger partial charge in [0.05, 0.1) is 12.7 Å². The molecule has 0 spiro atoms. The first kappa shape index (κ1) is 19.9. The van der Waals surface area contributed by atoms with Crippen molar-refractivity contribution < 1.29 is 23.1 Å². The van der Waals surface area contributed by atoms with Gasteiger partial charge in [0.2, 0.25) is 15.9 Å². The molecule has 1 fully saturated rings. The minimum absolute atomic E-state index is 0.0688. The number of nitrogens with zero attached hydrogens (tertiary/aromatic N) is 1. The van der Waals surface area contributed by atoms with E-state index in [0.29, 0.717) is 19.6 Å². The van der Waals surface area contributed by atoms with Gasteiger partial charge in [0, 0.05) is 36.9 Å². The zero-order chi connectivity index (χ0) is 18.4. The first-order valence-corrected chi connectivity index (χ1v) is 11.0. The summed E-state index contributed by atoms with van der Waals surface area (Å²) in [6.45, 7) is 1.47. The smallest absolute Gasteiger partial charge is 0.304 e. The normalized spacial score (nSPS) is 18.0. The fraction of sp³-hybridized carbons (Fsp3) is 0.625. The predicted molar refractivity (Wildman–Crippen MR) is 96.1 cm³/mol. The molecule has 0 bridgehead atoms. The second kappa shape index (κ2) is 8.77. The van der Waals surface area contributed by atoms with E-state index in [2.05, 4.69) is 5.32 Å². The van der Waals surface area contributed by atoms with Crippen molar-refractivity contribution in [3.63, 3.8) is 0 Å². The summed E-state index contributed by atoms with van der Waals surface area (Å²) >= 11 is 1.46. The molecule has 1 saturated heterocycles. The summed E-state index contributed by atoms with van der Waals surface area (Å²) in [6.07, 6.45) is 2.73. The molecule has 1 aliphatic heterocycles. The van der Waals surface area contributed by atoms with Crippen LogP contribution in [0.5, 0.6) is 0 Å². The Labute approximate surface area is 152 Å². The van der Waals surface area contributed by atoms with Crippen LogP contribution >= 0.6 is 11.3 Å². The van der Waals surface area contributed by atoms with Gasteiger partial charge in [0.15, 0.2) is 0 Å². The van der Waals surface area contributed by atoms with Gasteiger partial charge in [-0.3, -0.25) is 9.59 Å². The molecule has 0 aromatic carbocycles. The van der Waals surface area contributed by atoms with E-state index in [0.717, 1.165) is 17.7 Å². The van der Waals surface area contributed by atoms with Crippen molar-refractivity contribution in [2.45, 2.75) is 31.6 Å². The quantitative estimate of drug-likeness (QED) is 0.702. The van der Waals surface area contributed by atoms with Crippen LogP contribution in [0.1, 0.15) is 36.5 Å². The van der Waals surface area contributed by atoms with E-state index in [1.807, 2.05) is 17.5 Å². The third-order valence-electron chi connectivity index (χ3n) is 4.43. The highest BCUT2D eigenvalue weighted by Gasteiger charge is 2.26. The average molecular weight is 389 g/mol. The largest absolute Gasteiger partial charge is 0.481 e. The molecule has 0 radical (unpaired) electrons. The molecule has 9 heteroatoms. The molecule has 2 N–H and O–H groups in total. The SMILES string of the molecule is CS(=O)(=O)N1CCC(CNC(=O)CC(CC(=O)O)c2cccs2)CC1. The van der Waals surface area contributed by atoms with E-state index in [1.54, 1.807) is 0 Å². The van der Waals surface area contributed by atoms with Crippen molar-refractivity contribution in [3.8, 4) is 0 Å². The van der Waals surface area contributed by atoms with E-state index >= 15 is 0 Å². The molecule has 1 aromatic heterocycles. The van der Waals surface area contributed by atoms with E-state index < -0.39 is 16.0 Å². The van der Waals surface area contributed by atoms with Gasteiger partial charge in [0.25, 0.3) is 0 Å². The molecule has 1 aromatic rings. The lowest BCUT2D eigenvalue weighted by molar-refractivity contribution is -0.137. The Balaban J connectivity index is 1.79. The standard InChI is InChI=1S/C16H24N2O5S2/c1-25(22,23)18-6-4-12(5-7-18)11-17-15(19)9-13(10-16(20)21)14-3-2-8-24-14/h2-3,8,12-13H,4-7,9-11H2,1H3,(H,17,19)(H,20,21). The highest BCUT2D eigenvalue weighted by atomic mass is 32.2. The number of hydrogen-bond donors (Lipinski definition) is 2. The first-order valence-electron chi connectivity index (χ1n) is 8.22. The van der Waals surface area contributed by atoms with Gasteiger partial charge in [0.1, 0.15) is 0 Å². The van der Waals surface area contributed by atoms with Crippen LogP contribution in [0.25, 0.3) is 0 Å². The zero-order valence-electron chi connectivity index (χ0n) is 14.2. The number of amides is 1. The van der Waals surface area contributed by atoms with Crippen LogP contribution in [-0.4, -0.2) is 55.6 Å². The summed E-state index contributed by atoms with van der Waals surface area (Å²) in [5, 5.41) is 13.8. The second-order valence-corrected chi connectivity index (χ2v) is 9.39. The zero-order valence-corrected chi connectivity index (χ0v) is 15.8. The van der Waals surface area contributed by atoms with Gasteiger partial charge in [-0.2, -0.15) is 0 Å². The fourth-order valence-electron chi connectivity index (χ4n) is 3.01. The third-order valence-corrected chi connectivity index (χ3v) is 6.77. The lowest BCUT2D eigenvalue weighted by Gasteiger charge is -2.30. The molecule has 1 atom stereocenters. The minimum Gasteiger partial charge on any atom is -0.481 e. The molecule has 0 aliphatic carbocycles. The van der Waals surface area contributed by atoms with Gasteiger partial charge in [-0.25, -0.2) is 12.7 Å². The number of thiophene rings is 1. The molecular formula is C16H24N2O5S2. The summed E-state index contributed by atoms with van der Waals surface area (Å²) in [5.41, 5.74) is 0. The van der Waals surface area contributed by atoms with Crippen LogP contribution < -0.4 is 5.32 Å². The van der Waals surface area contributed by atoms with Crippen LogP contribution in [0.3, 0.4) is 0 Å².